The van der Waals surface area contributed by atoms with Gasteiger partial charge in [-0.1, -0.05) is 66.7 Å². The molecule has 0 atom stereocenters. The molecule has 0 fully saturated rings. The molecule has 0 N–H and O–H groups in total. The van der Waals surface area contributed by atoms with Crippen molar-refractivity contribution in [2.75, 3.05) is 4.90 Å². The van der Waals surface area contributed by atoms with E-state index in [0.717, 1.165) is 72.1 Å². The first kappa shape index (κ1) is 29.3. The van der Waals surface area contributed by atoms with Crippen LogP contribution in [0.25, 0.3) is 84.0 Å². The molecule has 0 spiro atoms. The fourth-order valence-electron chi connectivity index (χ4n) is 7.22. The standard InChI is InChI=1S/C45H27N5O3/c1-2-10-30(11-3-1)49(31-21-18-28(19-22-31)43-46-35-14-6-9-17-40(35)51-43)32-23-25-36-42(27-32)52-44(47-36)29-20-24-37-41(26-29)53-45(48-37)50-38-15-7-4-12-33(38)34-13-5-8-16-39(34)50/h1-27H. The van der Waals surface area contributed by atoms with Crippen molar-refractivity contribution in [1.29, 1.82) is 0 Å². The molecule has 0 unspecified atom stereocenters. The van der Waals surface area contributed by atoms with Crippen LogP contribution >= 0.6 is 0 Å². The van der Waals surface area contributed by atoms with Gasteiger partial charge in [-0.15, -0.1) is 0 Å². The second kappa shape index (κ2) is 11.5. The van der Waals surface area contributed by atoms with Gasteiger partial charge in [0, 0.05) is 45.0 Å². The molecule has 0 bridgehead atoms. The Labute approximate surface area is 301 Å². The SMILES string of the molecule is c1ccc(N(c2ccc(-c3nc4ccccc4o3)cc2)c2ccc3nc(-c4ccc5nc(-n6c7ccccc7c7ccccc76)oc5c4)oc3c2)cc1. The Kier molecular flexibility index (Phi) is 6.38. The highest BCUT2D eigenvalue weighted by Gasteiger charge is 2.19. The summed E-state index contributed by atoms with van der Waals surface area (Å²) in [6, 6.07) is 55.4. The minimum Gasteiger partial charge on any atom is -0.436 e. The summed E-state index contributed by atoms with van der Waals surface area (Å²) < 4.78 is 21.0. The topological polar surface area (TPSA) is 86.3 Å². The van der Waals surface area contributed by atoms with Crippen LogP contribution < -0.4 is 4.90 Å². The summed E-state index contributed by atoms with van der Waals surface area (Å²) in [6.07, 6.45) is 0. The Morgan fingerprint density at radius 1 is 0.396 bits per heavy atom. The van der Waals surface area contributed by atoms with E-state index >= 15 is 0 Å². The Hall–Kier alpha value is -7.45. The summed E-state index contributed by atoms with van der Waals surface area (Å²) >= 11 is 0. The van der Waals surface area contributed by atoms with Crippen molar-refractivity contribution in [1.82, 2.24) is 19.5 Å². The number of oxazole rings is 3. The van der Waals surface area contributed by atoms with Gasteiger partial charge in [-0.25, -0.2) is 9.97 Å². The second-order valence-corrected chi connectivity index (χ2v) is 12.9. The van der Waals surface area contributed by atoms with Gasteiger partial charge in [0.15, 0.2) is 16.7 Å². The molecule has 4 aromatic heterocycles. The number of fused-ring (bicyclic) bond motifs is 6. The highest BCUT2D eigenvalue weighted by molar-refractivity contribution is 6.09. The number of nitrogens with zero attached hydrogens (tertiary/aromatic N) is 5. The van der Waals surface area contributed by atoms with Gasteiger partial charge in [0.25, 0.3) is 0 Å². The molecule has 11 aromatic rings. The molecular weight excluding hydrogens is 659 g/mol. The number of para-hydroxylation sites is 5. The molecule has 53 heavy (non-hydrogen) atoms. The highest BCUT2D eigenvalue weighted by atomic mass is 16.4. The van der Waals surface area contributed by atoms with E-state index in [1.807, 2.05) is 97.1 Å². The lowest BCUT2D eigenvalue weighted by molar-refractivity contribution is 0.574. The molecule has 0 aliphatic rings. The number of rotatable bonds is 6. The third kappa shape index (κ3) is 4.81. The summed E-state index contributed by atoms with van der Waals surface area (Å²) in [4.78, 5) is 16.6. The Balaban J connectivity index is 0.953. The second-order valence-electron chi connectivity index (χ2n) is 12.9. The van der Waals surface area contributed by atoms with Crippen molar-refractivity contribution in [3.05, 3.63) is 164 Å². The zero-order chi connectivity index (χ0) is 34.9. The molecule has 0 radical (unpaired) electrons. The first-order chi connectivity index (χ1) is 26.2. The molecule has 0 aliphatic carbocycles. The van der Waals surface area contributed by atoms with Crippen LogP contribution in [0.3, 0.4) is 0 Å². The first-order valence-electron chi connectivity index (χ1n) is 17.3. The smallest absolute Gasteiger partial charge is 0.307 e. The zero-order valence-electron chi connectivity index (χ0n) is 28.0. The summed E-state index contributed by atoms with van der Waals surface area (Å²) in [5.74, 6) is 1.09. The molecule has 0 amide bonds. The molecule has 7 aromatic carbocycles. The minimum atomic E-state index is 0.503. The molecule has 0 aliphatic heterocycles. The van der Waals surface area contributed by atoms with Crippen LogP contribution in [0.5, 0.6) is 0 Å². The molecule has 8 nitrogen and oxygen atoms in total. The molecule has 11 rings (SSSR count). The number of anilines is 3. The van der Waals surface area contributed by atoms with Gasteiger partial charge in [-0.2, -0.15) is 4.98 Å². The third-order valence-electron chi connectivity index (χ3n) is 9.71. The van der Waals surface area contributed by atoms with Crippen LogP contribution in [-0.4, -0.2) is 19.5 Å². The van der Waals surface area contributed by atoms with Gasteiger partial charge in [-0.05, 0) is 91.0 Å². The number of benzene rings is 7. The van der Waals surface area contributed by atoms with E-state index in [1.54, 1.807) is 0 Å². The fraction of sp³-hybridized carbons (Fsp3) is 0. The monoisotopic (exact) mass is 685 g/mol. The van der Waals surface area contributed by atoms with Crippen molar-refractivity contribution >= 4 is 72.2 Å². The third-order valence-corrected chi connectivity index (χ3v) is 9.71. The number of hydrogen-bond acceptors (Lipinski definition) is 7. The highest BCUT2D eigenvalue weighted by Crippen LogP contribution is 2.39. The lowest BCUT2D eigenvalue weighted by Gasteiger charge is -2.25. The largest absolute Gasteiger partial charge is 0.436 e. The van der Waals surface area contributed by atoms with E-state index in [-0.39, 0.29) is 0 Å². The van der Waals surface area contributed by atoms with E-state index < -0.39 is 0 Å². The van der Waals surface area contributed by atoms with E-state index in [4.69, 9.17) is 23.2 Å². The summed E-state index contributed by atoms with van der Waals surface area (Å²) in [5.41, 5.74) is 11.1. The predicted octanol–water partition coefficient (Wildman–Crippen LogP) is 12.0. The lowest BCUT2D eigenvalue weighted by Crippen LogP contribution is -2.09. The number of aromatic nitrogens is 4. The van der Waals surface area contributed by atoms with Crippen molar-refractivity contribution in [3.8, 4) is 28.9 Å². The van der Waals surface area contributed by atoms with E-state index in [2.05, 4.69) is 81.2 Å². The van der Waals surface area contributed by atoms with E-state index in [9.17, 15) is 0 Å². The van der Waals surface area contributed by atoms with Crippen LogP contribution in [0, 0.1) is 0 Å². The molecule has 0 saturated carbocycles. The average Bonchev–Trinajstić information content (AvgIpc) is 4.01. The zero-order valence-corrected chi connectivity index (χ0v) is 28.0. The quantitative estimate of drug-likeness (QED) is 0.172. The summed E-state index contributed by atoms with van der Waals surface area (Å²) in [6.45, 7) is 0. The maximum Gasteiger partial charge on any atom is 0.307 e. The van der Waals surface area contributed by atoms with Crippen LogP contribution in [0.15, 0.2) is 177 Å². The van der Waals surface area contributed by atoms with Crippen LogP contribution in [-0.2, 0) is 0 Å². The van der Waals surface area contributed by atoms with Crippen LogP contribution in [0.4, 0.5) is 17.1 Å². The van der Waals surface area contributed by atoms with Crippen LogP contribution in [0.2, 0.25) is 0 Å². The fourth-order valence-corrected chi connectivity index (χ4v) is 7.22. The van der Waals surface area contributed by atoms with Gasteiger partial charge >= 0.3 is 6.01 Å². The van der Waals surface area contributed by atoms with Crippen molar-refractivity contribution < 1.29 is 13.3 Å². The molecule has 0 saturated heterocycles. The number of hydrogen-bond donors (Lipinski definition) is 0. The van der Waals surface area contributed by atoms with Crippen LogP contribution in [0.1, 0.15) is 0 Å². The molecule has 4 heterocycles. The van der Waals surface area contributed by atoms with Gasteiger partial charge in [0.2, 0.25) is 11.8 Å². The van der Waals surface area contributed by atoms with Gasteiger partial charge in [-0.3, -0.25) is 4.57 Å². The molecule has 250 valence electrons. The van der Waals surface area contributed by atoms with Gasteiger partial charge in [0.1, 0.15) is 16.6 Å². The summed E-state index contributed by atoms with van der Waals surface area (Å²) in [5, 5.41) is 2.30. The van der Waals surface area contributed by atoms with Crippen molar-refractivity contribution in [2.45, 2.75) is 0 Å². The first-order valence-corrected chi connectivity index (χ1v) is 17.3. The van der Waals surface area contributed by atoms with Crippen molar-refractivity contribution in [2.24, 2.45) is 0 Å². The summed E-state index contributed by atoms with van der Waals surface area (Å²) in [7, 11) is 0. The normalized spacial score (nSPS) is 11.8. The average molecular weight is 686 g/mol. The Morgan fingerprint density at radius 3 is 1.72 bits per heavy atom. The van der Waals surface area contributed by atoms with E-state index in [0.29, 0.717) is 29.0 Å². The maximum atomic E-state index is 6.44. The van der Waals surface area contributed by atoms with Gasteiger partial charge in [0.05, 0.1) is 11.0 Å². The molecular formula is C45H27N5O3. The Bertz CT molecular complexity index is 3050. The lowest BCUT2D eigenvalue weighted by atomic mass is 10.1. The maximum absolute atomic E-state index is 6.44. The predicted molar refractivity (Wildman–Crippen MR) is 209 cm³/mol. The van der Waals surface area contributed by atoms with Gasteiger partial charge < -0.3 is 18.2 Å². The minimum absolute atomic E-state index is 0.503. The Morgan fingerprint density at radius 2 is 0.943 bits per heavy atom. The molecule has 8 heteroatoms. The van der Waals surface area contributed by atoms with Crippen molar-refractivity contribution in [3.63, 3.8) is 0 Å². The van der Waals surface area contributed by atoms with E-state index in [1.165, 1.54) is 0 Å².